The van der Waals surface area contributed by atoms with Gasteiger partial charge in [-0.15, -0.1) is 0 Å². The summed E-state index contributed by atoms with van der Waals surface area (Å²) in [5.74, 6) is -0.0242. The molecule has 0 aromatic carbocycles. The van der Waals surface area contributed by atoms with E-state index in [4.69, 9.17) is 0 Å². The molecule has 0 saturated carbocycles. The molecule has 0 aromatic heterocycles. The average molecular weight is 1020 g/mol. The van der Waals surface area contributed by atoms with Crippen LogP contribution in [0.2, 0.25) is 0 Å². The number of amides is 1. The molecule has 0 saturated heterocycles. The average Bonchev–Trinajstić information content (AvgIpc) is 3.40. The number of nitrogens with one attached hydrogen (secondary N) is 1. The maximum atomic E-state index is 12.5. The number of aliphatic hydroxyl groups excluding tert-OH is 2. The van der Waals surface area contributed by atoms with Crippen LogP contribution in [0.4, 0.5) is 0 Å². The van der Waals surface area contributed by atoms with Gasteiger partial charge < -0.3 is 15.5 Å². The minimum Gasteiger partial charge on any atom is -0.394 e. The van der Waals surface area contributed by atoms with Crippen molar-refractivity contribution < 1.29 is 15.0 Å². The summed E-state index contributed by atoms with van der Waals surface area (Å²) >= 11 is 0. The Labute approximate surface area is 457 Å². The first-order valence-corrected chi connectivity index (χ1v) is 33.0. The summed E-state index contributed by atoms with van der Waals surface area (Å²) in [5.41, 5.74) is 0. The van der Waals surface area contributed by atoms with Crippen molar-refractivity contribution in [3.63, 3.8) is 0 Å². The molecule has 0 aliphatic heterocycles. The smallest absolute Gasteiger partial charge is 0.220 e. The minimum atomic E-state index is -0.659. The number of hydrogen-bond donors (Lipinski definition) is 3. The number of aliphatic hydroxyl groups is 2. The van der Waals surface area contributed by atoms with Crippen molar-refractivity contribution >= 4 is 5.91 Å². The van der Waals surface area contributed by atoms with Crippen LogP contribution >= 0.6 is 0 Å². The van der Waals surface area contributed by atoms with Crippen LogP contribution in [-0.2, 0) is 4.79 Å². The van der Waals surface area contributed by atoms with Crippen LogP contribution in [0, 0.1) is 0 Å². The first-order valence-electron chi connectivity index (χ1n) is 33.0. The Morgan fingerprint density at radius 3 is 0.904 bits per heavy atom. The first-order chi connectivity index (χ1) is 36.2. The molecular weight excluding hydrogens is 891 g/mol. The molecule has 2 atom stereocenters. The normalized spacial score (nSPS) is 13.1. The Morgan fingerprint density at radius 1 is 0.342 bits per heavy atom. The van der Waals surface area contributed by atoms with Crippen molar-refractivity contribution in [2.75, 3.05) is 6.61 Å². The molecule has 3 N–H and O–H groups in total. The highest BCUT2D eigenvalue weighted by atomic mass is 16.3. The SMILES string of the molecule is CC/C=C\C/C=C\C/C=C\C/C=C\C/C=C\CCCCCCCCCCCCCCCCCCCCCCCCCCCC(=O)NC(CO)C(O)CCCCCCCCCCCCCCCCCCCCCC. The van der Waals surface area contributed by atoms with E-state index in [0.29, 0.717) is 12.8 Å². The second kappa shape index (κ2) is 64.4. The zero-order chi connectivity index (χ0) is 52.7. The standard InChI is InChI=1S/C69H129NO3/c1-3-5-7-9-11-13-15-17-19-21-23-25-26-27-28-29-30-31-32-33-34-35-36-37-38-39-40-41-42-43-44-45-47-49-51-53-55-57-59-61-63-65-69(73)70-67(66-71)68(72)64-62-60-58-56-54-52-50-48-46-24-22-20-18-16-14-12-10-8-6-4-2/h5,7,11,13,17,19,23,25,27-28,67-68,71-72H,3-4,6,8-10,12,14-16,18,20-22,24,26,29-66H2,1-2H3,(H,70,73)/b7-5-,13-11-,19-17-,25-23-,28-27-. The maximum Gasteiger partial charge on any atom is 0.220 e. The maximum absolute atomic E-state index is 12.5. The fraction of sp³-hybridized carbons (Fsp3) is 0.841. The largest absolute Gasteiger partial charge is 0.394 e. The van der Waals surface area contributed by atoms with Gasteiger partial charge >= 0.3 is 0 Å². The second-order valence-corrected chi connectivity index (χ2v) is 22.5. The van der Waals surface area contributed by atoms with Gasteiger partial charge in [0.25, 0.3) is 0 Å². The van der Waals surface area contributed by atoms with Crippen LogP contribution < -0.4 is 5.32 Å². The van der Waals surface area contributed by atoms with E-state index >= 15 is 0 Å². The zero-order valence-corrected chi connectivity index (χ0v) is 49.4. The number of rotatable bonds is 61. The Bertz CT molecular complexity index is 1200. The van der Waals surface area contributed by atoms with Gasteiger partial charge in [-0.05, 0) is 57.8 Å². The topological polar surface area (TPSA) is 69.6 Å². The molecule has 4 nitrogen and oxygen atoms in total. The van der Waals surface area contributed by atoms with E-state index in [-0.39, 0.29) is 12.5 Å². The predicted octanol–water partition coefficient (Wildman–Crippen LogP) is 22.3. The van der Waals surface area contributed by atoms with Crippen LogP contribution in [0.15, 0.2) is 60.8 Å². The summed E-state index contributed by atoms with van der Waals surface area (Å²) in [6.45, 7) is 4.28. The minimum absolute atomic E-state index is 0.0242. The molecule has 0 aliphatic rings. The highest BCUT2D eigenvalue weighted by Gasteiger charge is 2.20. The van der Waals surface area contributed by atoms with Gasteiger partial charge in [0.2, 0.25) is 5.91 Å². The van der Waals surface area contributed by atoms with Crippen molar-refractivity contribution in [2.45, 2.75) is 366 Å². The van der Waals surface area contributed by atoms with Crippen molar-refractivity contribution in [3.05, 3.63) is 60.8 Å². The third-order valence-electron chi connectivity index (χ3n) is 15.3. The number of hydrogen-bond acceptors (Lipinski definition) is 3. The van der Waals surface area contributed by atoms with Gasteiger partial charge in [-0.25, -0.2) is 0 Å². The quantitative estimate of drug-likeness (QED) is 0.0420. The molecule has 4 heteroatoms. The van der Waals surface area contributed by atoms with Crippen molar-refractivity contribution in [1.82, 2.24) is 5.32 Å². The number of carbonyl (C=O) groups excluding carboxylic acids is 1. The molecule has 0 rings (SSSR count). The lowest BCUT2D eigenvalue weighted by molar-refractivity contribution is -0.123. The van der Waals surface area contributed by atoms with Crippen LogP contribution in [0.1, 0.15) is 354 Å². The highest BCUT2D eigenvalue weighted by Crippen LogP contribution is 2.19. The molecule has 0 heterocycles. The number of allylic oxidation sites excluding steroid dienone is 10. The number of carbonyl (C=O) groups is 1. The molecule has 0 aromatic rings. The third kappa shape index (κ3) is 60.8. The van der Waals surface area contributed by atoms with E-state index in [9.17, 15) is 15.0 Å². The van der Waals surface area contributed by atoms with Crippen LogP contribution in [0.25, 0.3) is 0 Å². The lowest BCUT2D eigenvalue weighted by atomic mass is 10.0. The van der Waals surface area contributed by atoms with Gasteiger partial charge in [-0.1, -0.05) is 351 Å². The van der Waals surface area contributed by atoms with E-state index in [1.165, 1.54) is 270 Å². The van der Waals surface area contributed by atoms with Gasteiger partial charge in [0.05, 0.1) is 18.8 Å². The van der Waals surface area contributed by atoms with E-state index in [1.54, 1.807) is 0 Å². The summed E-state index contributed by atoms with van der Waals surface area (Å²) in [5, 5.41) is 23.4. The van der Waals surface area contributed by atoms with Gasteiger partial charge in [0.15, 0.2) is 0 Å². The molecule has 0 radical (unpaired) electrons. The predicted molar refractivity (Wildman–Crippen MR) is 327 cm³/mol. The van der Waals surface area contributed by atoms with Gasteiger partial charge in [-0.3, -0.25) is 4.79 Å². The van der Waals surface area contributed by atoms with E-state index in [1.807, 2.05) is 0 Å². The van der Waals surface area contributed by atoms with E-state index < -0.39 is 12.1 Å². The van der Waals surface area contributed by atoms with Gasteiger partial charge in [0, 0.05) is 6.42 Å². The Hall–Kier alpha value is -1.91. The van der Waals surface area contributed by atoms with E-state index in [0.717, 1.165) is 57.8 Å². The Morgan fingerprint density at radius 2 is 0.603 bits per heavy atom. The monoisotopic (exact) mass is 1020 g/mol. The fourth-order valence-corrected chi connectivity index (χ4v) is 10.3. The molecule has 0 bridgehead atoms. The third-order valence-corrected chi connectivity index (χ3v) is 15.3. The van der Waals surface area contributed by atoms with Crippen LogP contribution in [0.5, 0.6) is 0 Å². The summed E-state index contributed by atoms with van der Waals surface area (Å²) in [4.78, 5) is 12.5. The number of unbranched alkanes of at least 4 members (excludes halogenated alkanes) is 44. The molecule has 0 fully saturated rings. The molecular formula is C69H129NO3. The van der Waals surface area contributed by atoms with Gasteiger partial charge in [-0.2, -0.15) is 0 Å². The molecule has 73 heavy (non-hydrogen) atoms. The second-order valence-electron chi connectivity index (χ2n) is 22.5. The van der Waals surface area contributed by atoms with Crippen LogP contribution in [-0.4, -0.2) is 34.9 Å². The van der Waals surface area contributed by atoms with Crippen molar-refractivity contribution in [3.8, 4) is 0 Å². The molecule has 428 valence electrons. The molecule has 1 amide bonds. The van der Waals surface area contributed by atoms with Crippen molar-refractivity contribution in [1.29, 1.82) is 0 Å². The first kappa shape index (κ1) is 71.1. The Balaban J connectivity index is 3.38. The summed E-state index contributed by atoms with van der Waals surface area (Å²) in [6, 6.07) is -0.536. The summed E-state index contributed by atoms with van der Waals surface area (Å²) in [7, 11) is 0. The molecule has 0 aliphatic carbocycles. The van der Waals surface area contributed by atoms with E-state index in [2.05, 4.69) is 79.9 Å². The van der Waals surface area contributed by atoms with Crippen LogP contribution in [0.3, 0.4) is 0 Å². The molecule has 2 unspecified atom stereocenters. The van der Waals surface area contributed by atoms with Crippen molar-refractivity contribution in [2.24, 2.45) is 0 Å². The highest BCUT2D eigenvalue weighted by molar-refractivity contribution is 5.76. The zero-order valence-electron chi connectivity index (χ0n) is 49.4. The summed E-state index contributed by atoms with van der Waals surface area (Å²) < 4.78 is 0. The van der Waals surface area contributed by atoms with Gasteiger partial charge in [0.1, 0.15) is 0 Å². The summed E-state index contributed by atoms with van der Waals surface area (Å²) in [6.07, 6.45) is 91.2. The fourth-order valence-electron chi connectivity index (χ4n) is 10.3. The molecule has 0 spiro atoms. The Kier molecular flexibility index (Phi) is 62.7. The lowest BCUT2D eigenvalue weighted by Gasteiger charge is -2.22. The lowest BCUT2D eigenvalue weighted by Crippen LogP contribution is -2.45.